The fraction of sp³-hybridized carbons (Fsp3) is 0.562. The Morgan fingerprint density at radius 3 is 2.53 bits per heavy atom. The zero-order valence-electron chi connectivity index (χ0n) is 11.9. The molecule has 1 fully saturated rings. The van der Waals surface area contributed by atoms with Gasteiger partial charge in [0.15, 0.2) is 0 Å². The van der Waals surface area contributed by atoms with Gasteiger partial charge in [-0.15, -0.1) is 11.8 Å². The SMILES string of the molecule is CNC1(C#N)CCC(Sc2ccc(C(C)C)cc2)C1. The van der Waals surface area contributed by atoms with Gasteiger partial charge in [0.2, 0.25) is 0 Å². The van der Waals surface area contributed by atoms with Crippen LogP contribution in [0, 0.1) is 11.3 Å². The Bertz CT molecular complexity index is 461. The van der Waals surface area contributed by atoms with Crippen molar-refractivity contribution in [3.63, 3.8) is 0 Å². The van der Waals surface area contributed by atoms with Crippen LogP contribution in [-0.4, -0.2) is 17.8 Å². The van der Waals surface area contributed by atoms with Gasteiger partial charge >= 0.3 is 0 Å². The molecule has 1 aliphatic carbocycles. The van der Waals surface area contributed by atoms with Gasteiger partial charge in [0.25, 0.3) is 0 Å². The van der Waals surface area contributed by atoms with Gasteiger partial charge in [-0.2, -0.15) is 5.26 Å². The zero-order valence-corrected chi connectivity index (χ0v) is 12.8. The Labute approximate surface area is 120 Å². The quantitative estimate of drug-likeness (QED) is 0.903. The number of nitriles is 1. The lowest BCUT2D eigenvalue weighted by Gasteiger charge is -2.19. The Morgan fingerprint density at radius 1 is 1.37 bits per heavy atom. The largest absolute Gasteiger partial charge is 0.302 e. The van der Waals surface area contributed by atoms with Gasteiger partial charge < -0.3 is 5.32 Å². The summed E-state index contributed by atoms with van der Waals surface area (Å²) in [7, 11) is 1.90. The molecule has 19 heavy (non-hydrogen) atoms. The molecule has 0 heterocycles. The first-order chi connectivity index (χ1) is 9.08. The lowest BCUT2D eigenvalue weighted by molar-refractivity contribution is 0.464. The first-order valence-corrected chi connectivity index (χ1v) is 7.83. The van der Waals surface area contributed by atoms with Crippen LogP contribution < -0.4 is 5.32 Å². The van der Waals surface area contributed by atoms with E-state index in [-0.39, 0.29) is 5.54 Å². The van der Waals surface area contributed by atoms with E-state index in [0.29, 0.717) is 11.2 Å². The summed E-state index contributed by atoms with van der Waals surface area (Å²) in [5.41, 5.74) is 1.09. The molecule has 2 atom stereocenters. The van der Waals surface area contributed by atoms with Crippen molar-refractivity contribution in [2.24, 2.45) is 0 Å². The Balaban J connectivity index is 1.98. The minimum absolute atomic E-state index is 0.296. The maximum absolute atomic E-state index is 9.28. The molecule has 0 bridgehead atoms. The second-order valence-corrected chi connectivity index (χ2v) is 7.02. The van der Waals surface area contributed by atoms with E-state index in [9.17, 15) is 5.26 Å². The normalized spacial score (nSPS) is 26.6. The Kier molecular flexibility index (Phi) is 4.54. The summed E-state index contributed by atoms with van der Waals surface area (Å²) in [4.78, 5) is 1.32. The first kappa shape index (κ1) is 14.4. The van der Waals surface area contributed by atoms with Crippen LogP contribution in [0.5, 0.6) is 0 Å². The highest BCUT2D eigenvalue weighted by Gasteiger charge is 2.38. The minimum atomic E-state index is -0.296. The average molecular weight is 274 g/mol. The number of rotatable bonds is 4. The fourth-order valence-electron chi connectivity index (χ4n) is 2.61. The number of hydrogen-bond donors (Lipinski definition) is 1. The van der Waals surface area contributed by atoms with Crippen LogP contribution in [0.1, 0.15) is 44.6 Å². The number of hydrogen-bond acceptors (Lipinski definition) is 3. The lowest BCUT2D eigenvalue weighted by atomic mass is 10.0. The molecule has 0 spiro atoms. The molecule has 0 saturated heterocycles. The van der Waals surface area contributed by atoms with Crippen LogP contribution in [0.2, 0.25) is 0 Å². The third kappa shape index (κ3) is 3.32. The van der Waals surface area contributed by atoms with Gasteiger partial charge in [0.05, 0.1) is 6.07 Å². The molecule has 1 aromatic rings. The highest BCUT2D eigenvalue weighted by Crippen LogP contribution is 2.39. The molecule has 3 heteroatoms. The predicted octanol–water partition coefficient (Wildman–Crippen LogP) is 3.94. The van der Waals surface area contributed by atoms with Crippen molar-refractivity contribution >= 4 is 11.8 Å². The van der Waals surface area contributed by atoms with Crippen LogP contribution >= 0.6 is 11.8 Å². The molecule has 1 N–H and O–H groups in total. The number of nitrogens with zero attached hydrogens (tertiary/aromatic N) is 1. The maximum atomic E-state index is 9.28. The molecule has 2 nitrogen and oxygen atoms in total. The van der Waals surface area contributed by atoms with E-state index in [0.717, 1.165) is 19.3 Å². The van der Waals surface area contributed by atoms with Crippen LogP contribution in [-0.2, 0) is 0 Å². The van der Waals surface area contributed by atoms with Crippen molar-refractivity contribution in [3.8, 4) is 6.07 Å². The summed E-state index contributed by atoms with van der Waals surface area (Å²) in [6, 6.07) is 11.3. The van der Waals surface area contributed by atoms with E-state index in [2.05, 4.69) is 49.5 Å². The number of nitrogens with one attached hydrogen (secondary N) is 1. The van der Waals surface area contributed by atoms with Crippen LogP contribution in [0.15, 0.2) is 29.2 Å². The van der Waals surface area contributed by atoms with E-state index in [4.69, 9.17) is 0 Å². The predicted molar refractivity (Wildman–Crippen MR) is 81.4 cm³/mol. The second-order valence-electron chi connectivity index (χ2n) is 5.65. The van der Waals surface area contributed by atoms with Crippen molar-refractivity contribution in [2.45, 2.75) is 54.7 Å². The van der Waals surface area contributed by atoms with Gasteiger partial charge in [0, 0.05) is 10.1 Å². The van der Waals surface area contributed by atoms with E-state index in [1.54, 1.807) is 0 Å². The topological polar surface area (TPSA) is 35.8 Å². The summed E-state index contributed by atoms with van der Waals surface area (Å²) in [6.07, 6.45) is 3.02. The summed E-state index contributed by atoms with van der Waals surface area (Å²) in [6.45, 7) is 4.43. The van der Waals surface area contributed by atoms with Crippen LogP contribution in [0.3, 0.4) is 0 Å². The van der Waals surface area contributed by atoms with Gasteiger partial charge in [0.1, 0.15) is 5.54 Å². The third-order valence-electron chi connectivity index (χ3n) is 4.01. The molecule has 102 valence electrons. The van der Waals surface area contributed by atoms with Gasteiger partial charge in [-0.3, -0.25) is 0 Å². The monoisotopic (exact) mass is 274 g/mol. The third-order valence-corrected chi connectivity index (χ3v) is 5.29. The van der Waals surface area contributed by atoms with Crippen molar-refractivity contribution in [1.29, 1.82) is 5.26 Å². The summed E-state index contributed by atoms with van der Waals surface area (Å²) < 4.78 is 0. The van der Waals surface area contributed by atoms with E-state index >= 15 is 0 Å². The molecule has 2 unspecified atom stereocenters. The second kappa shape index (κ2) is 5.98. The molecular formula is C16H22N2S. The molecule has 1 aliphatic rings. The molecule has 1 saturated carbocycles. The number of thioether (sulfide) groups is 1. The van der Waals surface area contributed by atoms with Gasteiger partial charge in [-0.25, -0.2) is 0 Å². The van der Waals surface area contributed by atoms with Crippen molar-refractivity contribution in [3.05, 3.63) is 29.8 Å². The van der Waals surface area contributed by atoms with Crippen molar-refractivity contribution in [2.75, 3.05) is 7.05 Å². The van der Waals surface area contributed by atoms with Crippen molar-refractivity contribution in [1.82, 2.24) is 5.32 Å². The molecule has 0 amide bonds. The van der Waals surface area contributed by atoms with Crippen LogP contribution in [0.4, 0.5) is 0 Å². The smallest absolute Gasteiger partial charge is 0.107 e. The van der Waals surface area contributed by atoms with Gasteiger partial charge in [-0.05, 0) is 49.9 Å². The molecular weight excluding hydrogens is 252 g/mol. The standard InChI is InChI=1S/C16H22N2S/c1-12(2)13-4-6-14(7-5-13)19-15-8-9-16(10-15,11-17)18-3/h4-7,12,15,18H,8-10H2,1-3H3. The van der Waals surface area contributed by atoms with Gasteiger partial charge in [-0.1, -0.05) is 26.0 Å². The van der Waals surface area contributed by atoms with E-state index < -0.39 is 0 Å². The minimum Gasteiger partial charge on any atom is -0.302 e. The van der Waals surface area contributed by atoms with E-state index in [1.807, 2.05) is 18.8 Å². The zero-order chi connectivity index (χ0) is 13.9. The molecule has 0 aromatic heterocycles. The Morgan fingerprint density at radius 2 is 2.05 bits per heavy atom. The first-order valence-electron chi connectivity index (χ1n) is 6.95. The summed E-state index contributed by atoms with van der Waals surface area (Å²) in [5, 5.41) is 13.0. The van der Waals surface area contributed by atoms with Crippen molar-refractivity contribution < 1.29 is 0 Å². The average Bonchev–Trinajstić information content (AvgIpc) is 2.83. The molecule has 2 rings (SSSR count). The lowest BCUT2D eigenvalue weighted by Crippen LogP contribution is -2.38. The van der Waals surface area contributed by atoms with Crippen LogP contribution in [0.25, 0.3) is 0 Å². The summed E-state index contributed by atoms with van der Waals surface area (Å²) >= 11 is 1.91. The maximum Gasteiger partial charge on any atom is 0.107 e. The molecule has 0 aliphatic heterocycles. The van der Waals surface area contributed by atoms with E-state index in [1.165, 1.54) is 10.5 Å². The summed E-state index contributed by atoms with van der Waals surface area (Å²) in [5.74, 6) is 0.584. The fourth-order valence-corrected chi connectivity index (χ4v) is 3.89. The Hall–Kier alpha value is -0.980. The highest BCUT2D eigenvalue weighted by atomic mass is 32.2. The highest BCUT2D eigenvalue weighted by molar-refractivity contribution is 8.00. The molecule has 0 radical (unpaired) electrons. The number of benzene rings is 1. The molecule has 1 aromatic carbocycles.